The van der Waals surface area contributed by atoms with Crippen molar-refractivity contribution >= 4 is 18.0 Å². The van der Waals surface area contributed by atoms with E-state index in [1.807, 2.05) is 0 Å². The van der Waals surface area contributed by atoms with E-state index in [4.69, 9.17) is 9.84 Å². The third-order valence-electron chi connectivity index (χ3n) is 1.61. The summed E-state index contributed by atoms with van der Waals surface area (Å²) in [6.07, 6.45) is -1.47. The van der Waals surface area contributed by atoms with Gasteiger partial charge in [-0.05, 0) is 12.1 Å². The van der Waals surface area contributed by atoms with Crippen LogP contribution < -0.4 is 10.1 Å². The highest BCUT2D eigenvalue weighted by Crippen LogP contribution is 2.17. The number of carboxylic acid groups (broad SMARTS) is 1. The van der Waals surface area contributed by atoms with E-state index in [0.717, 1.165) is 0 Å². The number of carbonyl (C=O) groups is 3. The summed E-state index contributed by atoms with van der Waals surface area (Å²) < 4.78 is 4.76. The van der Waals surface area contributed by atoms with Crippen molar-refractivity contribution in [1.82, 2.24) is 5.32 Å². The van der Waals surface area contributed by atoms with E-state index in [-0.39, 0.29) is 11.3 Å². The molecule has 0 radical (unpaired) electrons. The molecule has 0 heterocycles. The van der Waals surface area contributed by atoms with Gasteiger partial charge in [0.15, 0.2) is 0 Å². The molecular formula is C10H9NO5. The van der Waals surface area contributed by atoms with Gasteiger partial charge in [-0.15, -0.1) is 0 Å². The number of hydrogen-bond acceptors (Lipinski definition) is 4. The lowest BCUT2D eigenvalue weighted by Crippen LogP contribution is -2.29. The summed E-state index contributed by atoms with van der Waals surface area (Å²) in [5.41, 5.74) is -0.0138. The van der Waals surface area contributed by atoms with E-state index in [2.05, 4.69) is 0 Å². The summed E-state index contributed by atoms with van der Waals surface area (Å²) in [6.45, 7) is 1.19. The Morgan fingerprint density at radius 2 is 1.88 bits per heavy atom. The number of amides is 2. The number of carbonyl (C=O) groups excluding carboxylic acids is 2. The maximum absolute atomic E-state index is 11.4. The van der Waals surface area contributed by atoms with Gasteiger partial charge >= 0.3 is 12.1 Å². The highest BCUT2D eigenvalue weighted by Gasteiger charge is 2.15. The molecule has 16 heavy (non-hydrogen) atoms. The van der Waals surface area contributed by atoms with Crippen LogP contribution in [0.3, 0.4) is 0 Å². The Morgan fingerprint density at radius 1 is 1.25 bits per heavy atom. The van der Waals surface area contributed by atoms with E-state index in [0.29, 0.717) is 0 Å². The number of nitrogens with one attached hydrogen (secondary N) is 1. The zero-order chi connectivity index (χ0) is 12.1. The molecule has 6 heteroatoms. The van der Waals surface area contributed by atoms with Crippen molar-refractivity contribution in [3.63, 3.8) is 0 Å². The highest BCUT2D eigenvalue weighted by atomic mass is 16.5. The molecule has 0 aliphatic rings. The predicted molar refractivity (Wildman–Crippen MR) is 53.2 cm³/mol. The van der Waals surface area contributed by atoms with Crippen LogP contribution in [0.15, 0.2) is 24.3 Å². The van der Waals surface area contributed by atoms with Crippen molar-refractivity contribution in [1.29, 1.82) is 0 Å². The summed E-state index contributed by atoms with van der Waals surface area (Å²) >= 11 is 0. The fourth-order valence-corrected chi connectivity index (χ4v) is 1.06. The van der Waals surface area contributed by atoms with E-state index in [9.17, 15) is 14.4 Å². The van der Waals surface area contributed by atoms with E-state index in [1.165, 1.54) is 25.1 Å². The predicted octanol–water partition coefficient (Wildman–Crippen LogP) is 1.02. The summed E-state index contributed by atoms with van der Waals surface area (Å²) in [6, 6.07) is 5.86. The van der Waals surface area contributed by atoms with E-state index >= 15 is 0 Å². The highest BCUT2D eigenvalue weighted by molar-refractivity contribution is 6.04. The van der Waals surface area contributed by atoms with Gasteiger partial charge in [-0.1, -0.05) is 12.1 Å². The number of benzene rings is 1. The first kappa shape index (κ1) is 11.7. The van der Waals surface area contributed by atoms with Crippen LogP contribution in [0.1, 0.15) is 17.3 Å². The molecule has 1 rings (SSSR count). The number of hydrogen-bond donors (Lipinski definition) is 2. The van der Waals surface area contributed by atoms with Crippen LogP contribution in [-0.4, -0.2) is 23.1 Å². The third kappa shape index (κ3) is 3.09. The van der Waals surface area contributed by atoms with Gasteiger partial charge in [-0.3, -0.25) is 14.9 Å². The minimum Gasteiger partial charge on any atom is -0.465 e. The van der Waals surface area contributed by atoms with Crippen LogP contribution in [0.5, 0.6) is 5.75 Å². The van der Waals surface area contributed by atoms with Crippen LogP contribution >= 0.6 is 0 Å². The number of rotatable bonds is 2. The first-order valence-corrected chi connectivity index (χ1v) is 4.32. The molecule has 0 aliphatic heterocycles. The monoisotopic (exact) mass is 223 g/mol. The average molecular weight is 223 g/mol. The molecule has 1 aromatic rings. The third-order valence-corrected chi connectivity index (χ3v) is 1.61. The SMILES string of the molecule is CC(=O)Oc1ccccc1C(=O)NC(=O)O. The molecule has 0 bridgehead atoms. The zero-order valence-electron chi connectivity index (χ0n) is 8.39. The van der Waals surface area contributed by atoms with Crippen molar-refractivity contribution in [2.24, 2.45) is 0 Å². The van der Waals surface area contributed by atoms with Crippen molar-refractivity contribution in [3.05, 3.63) is 29.8 Å². The maximum atomic E-state index is 11.4. The molecule has 2 amide bonds. The van der Waals surface area contributed by atoms with Gasteiger partial charge in [0.25, 0.3) is 5.91 Å². The second kappa shape index (κ2) is 4.92. The van der Waals surface area contributed by atoms with Crippen molar-refractivity contribution in [2.75, 3.05) is 0 Å². The minimum atomic E-state index is -1.47. The molecule has 84 valence electrons. The van der Waals surface area contributed by atoms with Crippen molar-refractivity contribution in [2.45, 2.75) is 6.92 Å². The zero-order valence-corrected chi connectivity index (χ0v) is 8.39. The molecular weight excluding hydrogens is 214 g/mol. The first-order valence-electron chi connectivity index (χ1n) is 4.32. The van der Waals surface area contributed by atoms with Crippen molar-refractivity contribution < 1.29 is 24.2 Å². The Labute approximate surface area is 90.8 Å². The molecule has 6 nitrogen and oxygen atoms in total. The average Bonchev–Trinajstić information content (AvgIpc) is 2.16. The van der Waals surface area contributed by atoms with E-state index < -0.39 is 18.0 Å². The molecule has 1 aromatic carbocycles. The quantitative estimate of drug-likeness (QED) is 0.576. The van der Waals surface area contributed by atoms with Crippen LogP contribution in [0, 0.1) is 0 Å². The van der Waals surface area contributed by atoms with Crippen LogP contribution in [-0.2, 0) is 4.79 Å². The lowest BCUT2D eigenvalue weighted by molar-refractivity contribution is -0.131. The van der Waals surface area contributed by atoms with Gasteiger partial charge in [-0.2, -0.15) is 0 Å². The molecule has 0 saturated carbocycles. The minimum absolute atomic E-state index is 0.0138. The molecule has 0 atom stereocenters. The smallest absolute Gasteiger partial charge is 0.411 e. The van der Waals surface area contributed by atoms with Gasteiger partial charge in [0.2, 0.25) is 0 Å². The Morgan fingerprint density at radius 3 is 2.44 bits per heavy atom. The number of para-hydroxylation sites is 1. The largest absolute Gasteiger partial charge is 0.465 e. The van der Waals surface area contributed by atoms with Gasteiger partial charge in [0.1, 0.15) is 5.75 Å². The summed E-state index contributed by atoms with van der Waals surface area (Å²) in [4.78, 5) is 32.4. The molecule has 0 unspecified atom stereocenters. The van der Waals surface area contributed by atoms with Crippen molar-refractivity contribution in [3.8, 4) is 5.75 Å². The molecule has 0 aromatic heterocycles. The maximum Gasteiger partial charge on any atom is 0.411 e. The standard InChI is InChI=1S/C10H9NO5/c1-6(12)16-8-5-3-2-4-7(8)9(13)11-10(14)15/h2-5H,1H3,(H,11,13)(H,14,15). The van der Waals surface area contributed by atoms with Crippen LogP contribution in [0.4, 0.5) is 4.79 Å². The van der Waals surface area contributed by atoms with Crippen LogP contribution in [0.2, 0.25) is 0 Å². The fourth-order valence-electron chi connectivity index (χ4n) is 1.06. The molecule has 0 saturated heterocycles. The second-order valence-electron chi connectivity index (χ2n) is 2.85. The van der Waals surface area contributed by atoms with Gasteiger partial charge in [0, 0.05) is 6.92 Å². The lowest BCUT2D eigenvalue weighted by atomic mass is 10.2. The molecule has 0 aliphatic carbocycles. The summed E-state index contributed by atoms with van der Waals surface area (Å²) in [5.74, 6) is -1.41. The Balaban J connectivity index is 2.98. The number of imide groups is 1. The normalized spacial score (nSPS) is 9.31. The molecule has 0 fully saturated rings. The lowest BCUT2D eigenvalue weighted by Gasteiger charge is -2.06. The Hall–Kier alpha value is -2.37. The Bertz CT molecular complexity index is 441. The molecule has 2 N–H and O–H groups in total. The van der Waals surface area contributed by atoms with E-state index in [1.54, 1.807) is 11.4 Å². The fraction of sp³-hybridized carbons (Fsp3) is 0.100. The molecule has 0 spiro atoms. The second-order valence-corrected chi connectivity index (χ2v) is 2.85. The number of esters is 1. The van der Waals surface area contributed by atoms with Gasteiger partial charge < -0.3 is 9.84 Å². The first-order chi connectivity index (χ1) is 7.50. The van der Waals surface area contributed by atoms with Gasteiger partial charge in [-0.25, -0.2) is 4.79 Å². The van der Waals surface area contributed by atoms with Crippen LogP contribution in [0.25, 0.3) is 0 Å². The summed E-state index contributed by atoms with van der Waals surface area (Å²) in [5, 5.41) is 10.0. The van der Waals surface area contributed by atoms with Gasteiger partial charge in [0.05, 0.1) is 5.56 Å². The topological polar surface area (TPSA) is 92.7 Å². The number of ether oxygens (including phenoxy) is 1. The summed E-state index contributed by atoms with van der Waals surface area (Å²) in [7, 11) is 0. The Kier molecular flexibility index (Phi) is 3.60.